The summed E-state index contributed by atoms with van der Waals surface area (Å²) in [5, 5.41) is 7.53. The van der Waals surface area contributed by atoms with E-state index in [0.717, 1.165) is 22.4 Å². The Balaban J connectivity index is 1.60. The van der Waals surface area contributed by atoms with E-state index in [0.29, 0.717) is 34.5 Å². The van der Waals surface area contributed by atoms with Crippen molar-refractivity contribution in [3.8, 4) is 5.75 Å². The molecule has 36 heavy (non-hydrogen) atoms. The Hall–Kier alpha value is -4.72. The molecule has 0 bridgehead atoms. The van der Waals surface area contributed by atoms with Gasteiger partial charge in [-0.15, -0.1) is 0 Å². The van der Waals surface area contributed by atoms with Gasteiger partial charge in [0.2, 0.25) is 0 Å². The largest absolute Gasteiger partial charge is 0.494 e. The second kappa shape index (κ2) is 9.50. The average Bonchev–Trinajstić information content (AvgIpc) is 3.11. The Morgan fingerprint density at radius 3 is 2.36 bits per heavy atom. The van der Waals surface area contributed by atoms with E-state index in [9.17, 15) is 4.79 Å². The van der Waals surface area contributed by atoms with E-state index in [1.165, 1.54) is 4.68 Å². The maximum atomic E-state index is 13.5. The van der Waals surface area contributed by atoms with Gasteiger partial charge in [0.1, 0.15) is 22.6 Å². The lowest BCUT2D eigenvalue weighted by Gasteiger charge is -2.08. The average molecular weight is 479 g/mol. The van der Waals surface area contributed by atoms with Crippen molar-refractivity contribution in [1.82, 2.24) is 14.6 Å². The molecule has 180 valence electrons. The van der Waals surface area contributed by atoms with Gasteiger partial charge in [0, 0.05) is 5.69 Å². The van der Waals surface area contributed by atoms with E-state index in [2.05, 4.69) is 10.4 Å². The van der Waals surface area contributed by atoms with Crippen LogP contribution in [0.1, 0.15) is 34.0 Å². The zero-order valence-electron chi connectivity index (χ0n) is 20.3. The van der Waals surface area contributed by atoms with Gasteiger partial charge in [-0.2, -0.15) is 9.78 Å². The Labute approximate surface area is 208 Å². The molecule has 5 aromatic rings. The van der Waals surface area contributed by atoms with E-state index in [4.69, 9.17) is 20.4 Å². The van der Waals surface area contributed by atoms with Crippen LogP contribution < -0.4 is 15.8 Å². The number of fused-ring (bicyclic) bond motifs is 2. The number of benzene rings is 3. The number of aromatic nitrogens is 3. The predicted octanol–water partition coefficient (Wildman–Crippen LogP) is 5.32. The normalized spacial score (nSPS) is 11.4. The number of nitrogens with one attached hydrogen (secondary N) is 1. The number of hydrogen-bond donors (Lipinski definition) is 2. The molecule has 0 atom stereocenters. The van der Waals surface area contributed by atoms with E-state index in [1.807, 2.05) is 87.5 Å². The van der Waals surface area contributed by atoms with E-state index >= 15 is 0 Å². The van der Waals surface area contributed by atoms with Crippen LogP contribution >= 0.6 is 0 Å². The Morgan fingerprint density at radius 2 is 1.69 bits per heavy atom. The summed E-state index contributed by atoms with van der Waals surface area (Å²) < 4.78 is 6.96. The number of hydrogen-bond acceptors (Lipinski definition) is 6. The summed E-state index contributed by atoms with van der Waals surface area (Å²) in [6.45, 7) is 6.50. The first-order chi connectivity index (χ1) is 17.4. The fraction of sp³-hybridized carbons (Fsp3) is 0.143. The summed E-state index contributed by atoms with van der Waals surface area (Å²) in [5.41, 5.74) is 12.5. The Morgan fingerprint density at radius 1 is 1.03 bits per heavy atom. The summed E-state index contributed by atoms with van der Waals surface area (Å²) in [4.78, 5) is 22.9. The van der Waals surface area contributed by atoms with Crippen LogP contribution in [0.5, 0.6) is 5.75 Å². The fourth-order valence-corrected chi connectivity index (χ4v) is 4.17. The Kier molecular flexibility index (Phi) is 6.08. The molecule has 8 nitrogen and oxygen atoms in total. The molecule has 0 saturated heterocycles. The number of nitrogens with zero attached hydrogens (tertiary/aromatic N) is 4. The summed E-state index contributed by atoms with van der Waals surface area (Å²) in [6.07, 6.45) is 1.66. The van der Waals surface area contributed by atoms with Crippen molar-refractivity contribution < 1.29 is 9.53 Å². The van der Waals surface area contributed by atoms with Crippen LogP contribution in [0.4, 0.5) is 11.5 Å². The van der Waals surface area contributed by atoms with Crippen molar-refractivity contribution in [3.63, 3.8) is 0 Å². The zero-order chi connectivity index (χ0) is 25.2. The lowest BCUT2D eigenvalue weighted by atomic mass is 10.1. The molecular formula is C28H26N6O2. The molecular weight excluding hydrogens is 452 g/mol. The highest BCUT2D eigenvalue weighted by molar-refractivity contribution is 6.16. The molecule has 3 aromatic carbocycles. The van der Waals surface area contributed by atoms with Crippen LogP contribution in [0.2, 0.25) is 0 Å². The predicted molar refractivity (Wildman–Crippen MR) is 144 cm³/mol. The van der Waals surface area contributed by atoms with Gasteiger partial charge in [-0.1, -0.05) is 18.2 Å². The molecule has 0 radical (unpaired) electrons. The molecule has 0 spiro atoms. The molecule has 0 aliphatic carbocycles. The molecule has 0 saturated carbocycles. The number of carbonyl (C=O) groups excluding carboxylic acids is 1. The number of para-hydroxylation sites is 2. The number of nitrogens with two attached hydrogens (primary N) is 1. The summed E-state index contributed by atoms with van der Waals surface area (Å²) in [7, 11) is 0. The van der Waals surface area contributed by atoms with Crippen LogP contribution in [0.15, 0.2) is 71.8 Å². The van der Waals surface area contributed by atoms with Gasteiger partial charge >= 0.3 is 0 Å². The number of nitrogen functional groups attached to an aromatic ring is 1. The van der Waals surface area contributed by atoms with Crippen LogP contribution in [0.25, 0.3) is 22.2 Å². The standard InChI is InChI=1S/C28H26N6O2/c1-4-36-21-11-9-19(10-12-21)16-30-34-26(29)24(28(35)31-20-14-17(2)13-18(3)15-20)25-27(34)33-23-8-6-5-7-22(23)32-25/h5-16H,4,29H2,1-3H3,(H,31,35). The maximum absolute atomic E-state index is 13.5. The third-order valence-electron chi connectivity index (χ3n) is 5.69. The van der Waals surface area contributed by atoms with Gasteiger partial charge in [0.25, 0.3) is 5.91 Å². The molecule has 5 rings (SSSR count). The summed E-state index contributed by atoms with van der Waals surface area (Å²) >= 11 is 0. The molecule has 8 heteroatoms. The van der Waals surface area contributed by atoms with Gasteiger partial charge in [0.05, 0.1) is 23.9 Å². The highest BCUT2D eigenvalue weighted by atomic mass is 16.5. The number of ether oxygens (including phenoxy) is 1. The third kappa shape index (κ3) is 4.48. The molecule has 0 aliphatic rings. The smallest absolute Gasteiger partial charge is 0.261 e. The van der Waals surface area contributed by atoms with E-state index in [-0.39, 0.29) is 17.3 Å². The molecule has 1 amide bonds. The molecule has 3 N–H and O–H groups in total. The topological polar surface area (TPSA) is 107 Å². The van der Waals surface area contributed by atoms with Gasteiger partial charge in [-0.05, 0) is 86.0 Å². The van der Waals surface area contributed by atoms with Crippen molar-refractivity contribution in [1.29, 1.82) is 0 Å². The number of aryl methyl sites for hydroxylation is 2. The monoisotopic (exact) mass is 478 g/mol. The Bertz CT molecular complexity index is 1600. The lowest BCUT2D eigenvalue weighted by Crippen LogP contribution is -2.14. The molecule has 2 aromatic heterocycles. The lowest BCUT2D eigenvalue weighted by molar-refractivity contribution is 0.102. The molecule has 0 fully saturated rings. The minimum atomic E-state index is -0.373. The minimum Gasteiger partial charge on any atom is -0.494 e. The van der Waals surface area contributed by atoms with Crippen molar-refractivity contribution in [2.75, 3.05) is 17.7 Å². The maximum Gasteiger partial charge on any atom is 0.261 e. The third-order valence-corrected chi connectivity index (χ3v) is 5.69. The van der Waals surface area contributed by atoms with Crippen molar-refractivity contribution in [2.45, 2.75) is 20.8 Å². The number of carbonyl (C=O) groups is 1. The van der Waals surface area contributed by atoms with Crippen molar-refractivity contribution >= 4 is 45.8 Å². The number of amides is 1. The molecule has 0 aliphatic heterocycles. The van der Waals surface area contributed by atoms with Crippen LogP contribution in [-0.2, 0) is 0 Å². The van der Waals surface area contributed by atoms with Crippen molar-refractivity contribution in [2.24, 2.45) is 5.10 Å². The van der Waals surface area contributed by atoms with Crippen molar-refractivity contribution in [3.05, 3.63) is 89.0 Å². The second-order valence-corrected chi connectivity index (χ2v) is 8.53. The van der Waals surface area contributed by atoms with Crippen LogP contribution in [0, 0.1) is 13.8 Å². The van der Waals surface area contributed by atoms with E-state index < -0.39 is 0 Å². The summed E-state index contributed by atoms with van der Waals surface area (Å²) in [6, 6.07) is 20.9. The van der Waals surface area contributed by atoms with Gasteiger partial charge in [0.15, 0.2) is 5.65 Å². The first-order valence-electron chi connectivity index (χ1n) is 11.7. The van der Waals surface area contributed by atoms with Crippen LogP contribution in [0.3, 0.4) is 0 Å². The van der Waals surface area contributed by atoms with Gasteiger partial charge < -0.3 is 15.8 Å². The quantitative estimate of drug-likeness (QED) is 0.321. The molecule has 2 heterocycles. The minimum absolute atomic E-state index is 0.157. The number of anilines is 2. The van der Waals surface area contributed by atoms with E-state index in [1.54, 1.807) is 6.21 Å². The van der Waals surface area contributed by atoms with Gasteiger partial charge in [-0.25, -0.2) is 9.97 Å². The summed E-state index contributed by atoms with van der Waals surface area (Å²) in [5.74, 6) is 0.565. The molecule has 0 unspecified atom stereocenters. The second-order valence-electron chi connectivity index (χ2n) is 8.53. The first kappa shape index (κ1) is 23.0. The first-order valence-corrected chi connectivity index (χ1v) is 11.7. The number of rotatable bonds is 6. The fourth-order valence-electron chi connectivity index (χ4n) is 4.17. The zero-order valence-corrected chi connectivity index (χ0v) is 20.3. The van der Waals surface area contributed by atoms with Gasteiger partial charge in [-0.3, -0.25) is 4.79 Å². The van der Waals surface area contributed by atoms with Crippen LogP contribution in [-0.4, -0.2) is 33.4 Å². The highest BCUT2D eigenvalue weighted by Gasteiger charge is 2.24. The highest BCUT2D eigenvalue weighted by Crippen LogP contribution is 2.29. The SMILES string of the molecule is CCOc1ccc(C=Nn2c(N)c(C(=O)Nc3cc(C)cc(C)c3)c3nc4ccccc4nc32)cc1.